The molecule has 61 heavy (non-hydrogen) atoms. The van der Waals surface area contributed by atoms with Crippen molar-refractivity contribution in [2.24, 2.45) is 0 Å². The van der Waals surface area contributed by atoms with Crippen LogP contribution in [0.5, 0.6) is 0 Å². The second-order valence-electron chi connectivity index (χ2n) is 14.2. The maximum absolute atomic E-state index is 11.5. The molecule has 6 aromatic carbocycles. The highest BCUT2D eigenvalue weighted by Crippen LogP contribution is 2.42. The fraction of sp³-hybridized carbons (Fsp3) is 0.148. The number of carbonyl (C=O) groups excluding carboxylic acids is 2. The van der Waals surface area contributed by atoms with Crippen LogP contribution in [0, 0.1) is 0 Å². The Hall–Kier alpha value is -7.38. The predicted molar refractivity (Wildman–Crippen MR) is 245 cm³/mol. The number of rotatable bonds is 15. The van der Waals surface area contributed by atoms with E-state index in [9.17, 15) is 9.59 Å². The minimum absolute atomic E-state index is 0. The number of aldehydes is 1. The molecule has 0 aliphatic rings. The van der Waals surface area contributed by atoms with E-state index >= 15 is 0 Å². The summed E-state index contributed by atoms with van der Waals surface area (Å²) in [7, 11) is 0. The average Bonchev–Trinajstić information content (AvgIpc) is 4.01. The van der Waals surface area contributed by atoms with Crippen LogP contribution in [0.1, 0.15) is 83.2 Å². The average molecular weight is 805 g/mol. The first-order chi connectivity index (χ1) is 29.6. The third-order valence-corrected chi connectivity index (χ3v) is 10.6. The van der Waals surface area contributed by atoms with Gasteiger partial charge in [0.15, 0.2) is 6.29 Å². The van der Waals surface area contributed by atoms with Crippen LogP contribution in [0.15, 0.2) is 213 Å². The van der Waals surface area contributed by atoms with Crippen LogP contribution in [0.4, 0.5) is 0 Å². The topological polar surface area (TPSA) is 79.0 Å². The predicted octanol–water partition coefficient (Wildman–Crippen LogP) is 11.6. The molecule has 0 spiro atoms. The lowest BCUT2D eigenvalue weighted by molar-refractivity contribution is -0.143. The molecule has 0 aliphatic carbocycles. The first-order valence-corrected chi connectivity index (χ1v) is 20.3. The summed E-state index contributed by atoms with van der Waals surface area (Å²) in [5.41, 5.74) is 6.91. The standard InChI is InChI=1S/C30H30N2O2.C23H18N2O.CH4/c1-2-34-29(33)22-14-6-13-21-28-23-32(24-31-28)30(25-15-7-3-8-16-25,26-17-9-4-10-18-26)27-19-11-5-12-20-27;26-17-22-16-25(18-24-22)23(19-10-4-1-5-11-19,20-12-6-2-7-13-20)21-14-8-3-9-15-21;/h3-5,7-13,15-21,23-24H,2,6,14,22H2,1H3;1-18H;1H4/b21-13-;;. The van der Waals surface area contributed by atoms with Crippen LogP contribution in [0.25, 0.3) is 6.08 Å². The Balaban J connectivity index is 0.000000207. The van der Waals surface area contributed by atoms with E-state index in [1.165, 1.54) is 0 Å². The van der Waals surface area contributed by atoms with E-state index in [1.54, 1.807) is 12.5 Å². The summed E-state index contributed by atoms with van der Waals surface area (Å²) < 4.78 is 9.22. The fourth-order valence-electron chi connectivity index (χ4n) is 7.96. The van der Waals surface area contributed by atoms with Crippen LogP contribution in [-0.2, 0) is 20.6 Å². The van der Waals surface area contributed by atoms with Crippen molar-refractivity contribution in [3.63, 3.8) is 0 Å². The highest BCUT2D eigenvalue weighted by Gasteiger charge is 2.39. The third kappa shape index (κ3) is 9.42. The van der Waals surface area contributed by atoms with Gasteiger partial charge in [-0.15, -0.1) is 0 Å². The van der Waals surface area contributed by atoms with Gasteiger partial charge in [-0.2, -0.15) is 0 Å². The Kier molecular flexibility index (Phi) is 14.9. The molecule has 0 atom stereocenters. The molecule has 0 amide bonds. The van der Waals surface area contributed by atoms with E-state index in [1.807, 2.05) is 96.7 Å². The lowest BCUT2D eigenvalue weighted by atomic mass is 9.77. The quantitative estimate of drug-likeness (QED) is 0.0446. The number of aromatic nitrogens is 4. The number of hydrogen-bond donors (Lipinski definition) is 0. The van der Waals surface area contributed by atoms with Crippen molar-refractivity contribution in [1.82, 2.24) is 19.1 Å². The molecule has 0 fully saturated rings. The van der Waals surface area contributed by atoms with Crippen LogP contribution in [-0.4, -0.2) is 38.0 Å². The summed E-state index contributed by atoms with van der Waals surface area (Å²) >= 11 is 0. The van der Waals surface area contributed by atoms with Crippen molar-refractivity contribution >= 4 is 18.3 Å². The zero-order valence-electron chi connectivity index (χ0n) is 33.7. The van der Waals surface area contributed by atoms with Crippen molar-refractivity contribution in [3.05, 3.63) is 258 Å². The molecule has 0 radical (unpaired) electrons. The van der Waals surface area contributed by atoms with Crippen LogP contribution < -0.4 is 0 Å². The Morgan fingerprint density at radius 3 is 1.18 bits per heavy atom. The number of unbranched alkanes of at least 4 members (excludes halogenated alkanes) is 1. The van der Waals surface area contributed by atoms with Crippen molar-refractivity contribution in [1.29, 1.82) is 0 Å². The molecule has 0 aliphatic heterocycles. The number of carbonyl (C=O) groups is 2. The maximum atomic E-state index is 11.5. The summed E-state index contributed by atoms with van der Waals surface area (Å²) in [4.78, 5) is 31.8. The molecule has 0 bridgehead atoms. The number of nitrogens with zero attached hydrogens (tertiary/aromatic N) is 4. The van der Waals surface area contributed by atoms with Gasteiger partial charge in [-0.1, -0.05) is 195 Å². The summed E-state index contributed by atoms with van der Waals surface area (Å²) in [6.45, 7) is 2.26. The highest BCUT2D eigenvalue weighted by molar-refractivity contribution is 5.71. The summed E-state index contributed by atoms with van der Waals surface area (Å²) in [6.07, 6.45) is 14.4. The number of benzene rings is 6. The smallest absolute Gasteiger partial charge is 0.305 e. The second-order valence-corrected chi connectivity index (χ2v) is 14.2. The molecule has 0 saturated heterocycles. The molecule has 8 aromatic rings. The number of hydrogen-bond acceptors (Lipinski definition) is 5. The Bertz CT molecular complexity index is 2360. The Morgan fingerprint density at radius 2 is 0.869 bits per heavy atom. The van der Waals surface area contributed by atoms with Gasteiger partial charge in [0.25, 0.3) is 0 Å². The zero-order valence-corrected chi connectivity index (χ0v) is 33.7. The minimum atomic E-state index is -0.613. The number of esters is 1. The minimum Gasteiger partial charge on any atom is -0.466 e. The van der Waals surface area contributed by atoms with Crippen LogP contribution >= 0.6 is 0 Å². The zero-order chi connectivity index (χ0) is 41.5. The lowest BCUT2D eigenvalue weighted by Gasteiger charge is -2.37. The van der Waals surface area contributed by atoms with E-state index < -0.39 is 11.1 Å². The molecule has 0 saturated carbocycles. The van der Waals surface area contributed by atoms with Gasteiger partial charge in [0.2, 0.25) is 0 Å². The molecule has 306 valence electrons. The van der Waals surface area contributed by atoms with Gasteiger partial charge in [0.05, 0.1) is 25.0 Å². The Morgan fingerprint density at radius 1 is 0.541 bits per heavy atom. The van der Waals surface area contributed by atoms with E-state index in [0.29, 0.717) is 18.7 Å². The van der Waals surface area contributed by atoms with Gasteiger partial charge in [-0.3, -0.25) is 9.59 Å². The summed E-state index contributed by atoms with van der Waals surface area (Å²) in [6, 6.07) is 62.6. The molecule has 2 heterocycles. The summed E-state index contributed by atoms with van der Waals surface area (Å²) in [5.74, 6) is -0.140. The molecule has 7 heteroatoms. The van der Waals surface area contributed by atoms with Crippen molar-refractivity contribution in [2.75, 3.05) is 6.61 Å². The largest absolute Gasteiger partial charge is 0.466 e. The van der Waals surface area contributed by atoms with Gasteiger partial charge in [-0.05, 0) is 59.2 Å². The van der Waals surface area contributed by atoms with Gasteiger partial charge in [0.1, 0.15) is 16.8 Å². The fourth-order valence-corrected chi connectivity index (χ4v) is 7.96. The maximum Gasteiger partial charge on any atom is 0.305 e. The van der Waals surface area contributed by atoms with Gasteiger partial charge in [0, 0.05) is 18.8 Å². The monoisotopic (exact) mass is 804 g/mol. The van der Waals surface area contributed by atoms with Crippen molar-refractivity contribution in [2.45, 2.75) is 44.7 Å². The molecular weight excluding hydrogens is 753 g/mol. The van der Waals surface area contributed by atoms with E-state index in [0.717, 1.165) is 58.2 Å². The first-order valence-electron chi connectivity index (χ1n) is 20.3. The SMILES string of the molecule is C.CCOC(=O)CCC/C=C\c1cn(C(c2ccccc2)(c2ccccc2)c2ccccc2)cn1.O=Cc1cn(C(c2ccccc2)(c2ccccc2)c2ccccc2)cn1. The van der Waals surface area contributed by atoms with Gasteiger partial charge < -0.3 is 13.9 Å². The van der Waals surface area contributed by atoms with E-state index in [2.05, 4.69) is 131 Å². The third-order valence-electron chi connectivity index (χ3n) is 10.6. The van der Waals surface area contributed by atoms with Gasteiger partial charge in [-0.25, -0.2) is 9.97 Å². The van der Waals surface area contributed by atoms with Crippen molar-refractivity contribution < 1.29 is 14.3 Å². The van der Waals surface area contributed by atoms with E-state index in [-0.39, 0.29) is 13.4 Å². The Labute approximate surface area is 359 Å². The number of imidazole rings is 2. The first kappa shape index (κ1) is 43.2. The normalized spacial score (nSPS) is 11.2. The molecule has 7 nitrogen and oxygen atoms in total. The lowest BCUT2D eigenvalue weighted by Crippen LogP contribution is -2.36. The molecule has 0 unspecified atom stereocenters. The molecule has 2 aromatic heterocycles. The number of ether oxygens (including phenoxy) is 1. The van der Waals surface area contributed by atoms with E-state index in [4.69, 9.17) is 9.72 Å². The molecule has 8 rings (SSSR count). The van der Waals surface area contributed by atoms with Crippen molar-refractivity contribution in [3.8, 4) is 0 Å². The van der Waals surface area contributed by atoms with Crippen LogP contribution in [0.2, 0.25) is 0 Å². The van der Waals surface area contributed by atoms with Crippen LogP contribution in [0.3, 0.4) is 0 Å². The summed E-state index contributed by atoms with van der Waals surface area (Å²) in [5, 5.41) is 0. The number of allylic oxidation sites excluding steroid dienone is 1. The second kappa shape index (κ2) is 21.0. The molecular formula is C54H52N4O3. The van der Waals surface area contributed by atoms with Gasteiger partial charge >= 0.3 is 5.97 Å². The molecule has 0 N–H and O–H groups in total. The highest BCUT2D eigenvalue weighted by atomic mass is 16.5.